The van der Waals surface area contributed by atoms with Gasteiger partial charge in [-0.25, -0.2) is 0 Å². The standard InChI is InChI=1S/C9H15Cl2NO2/c10-3-5-12(6-4-11)9(13)8-2-1-7-14-8/h8H,1-7H2. The first-order valence-corrected chi connectivity index (χ1v) is 5.89. The Morgan fingerprint density at radius 3 is 2.43 bits per heavy atom. The molecule has 0 aromatic heterocycles. The van der Waals surface area contributed by atoms with Gasteiger partial charge in [0.05, 0.1) is 0 Å². The van der Waals surface area contributed by atoms with Crippen LogP contribution in [0.3, 0.4) is 0 Å². The highest BCUT2D eigenvalue weighted by molar-refractivity contribution is 6.18. The first-order chi connectivity index (χ1) is 6.79. The number of amides is 1. The molecule has 0 aromatic rings. The summed E-state index contributed by atoms with van der Waals surface area (Å²) in [5, 5.41) is 0. The largest absolute Gasteiger partial charge is 0.368 e. The fourth-order valence-electron chi connectivity index (χ4n) is 1.51. The van der Waals surface area contributed by atoms with Gasteiger partial charge in [0.25, 0.3) is 5.91 Å². The molecule has 1 unspecified atom stereocenters. The van der Waals surface area contributed by atoms with Gasteiger partial charge < -0.3 is 9.64 Å². The molecule has 82 valence electrons. The van der Waals surface area contributed by atoms with Gasteiger partial charge in [0.1, 0.15) is 6.10 Å². The summed E-state index contributed by atoms with van der Waals surface area (Å²) in [5.41, 5.74) is 0. The second-order valence-electron chi connectivity index (χ2n) is 3.20. The van der Waals surface area contributed by atoms with E-state index in [1.165, 1.54) is 0 Å². The number of hydrogen-bond donors (Lipinski definition) is 0. The summed E-state index contributed by atoms with van der Waals surface area (Å²) in [7, 11) is 0. The molecular weight excluding hydrogens is 225 g/mol. The van der Waals surface area contributed by atoms with Crippen molar-refractivity contribution in [1.29, 1.82) is 0 Å². The lowest BCUT2D eigenvalue weighted by molar-refractivity contribution is -0.140. The van der Waals surface area contributed by atoms with Crippen LogP contribution in [0.2, 0.25) is 0 Å². The average molecular weight is 240 g/mol. The molecule has 1 amide bonds. The van der Waals surface area contributed by atoms with Crippen molar-refractivity contribution in [2.75, 3.05) is 31.5 Å². The Bertz CT molecular complexity index is 178. The van der Waals surface area contributed by atoms with Crippen molar-refractivity contribution >= 4 is 29.1 Å². The first-order valence-electron chi connectivity index (χ1n) is 4.82. The molecule has 1 atom stereocenters. The summed E-state index contributed by atoms with van der Waals surface area (Å²) in [4.78, 5) is 13.5. The Hall–Kier alpha value is 0.01000. The number of hydrogen-bond acceptors (Lipinski definition) is 2. The zero-order valence-corrected chi connectivity index (χ0v) is 9.56. The predicted octanol–water partition coefficient (Wildman–Crippen LogP) is 1.47. The third-order valence-corrected chi connectivity index (χ3v) is 2.56. The van der Waals surface area contributed by atoms with Crippen LogP contribution >= 0.6 is 23.2 Å². The number of alkyl halides is 2. The first kappa shape index (κ1) is 12.1. The molecule has 0 spiro atoms. The topological polar surface area (TPSA) is 29.5 Å². The van der Waals surface area contributed by atoms with Gasteiger partial charge in [0.2, 0.25) is 0 Å². The van der Waals surface area contributed by atoms with Crippen LogP contribution < -0.4 is 0 Å². The highest BCUT2D eigenvalue weighted by atomic mass is 35.5. The van der Waals surface area contributed by atoms with E-state index in [0.717, 1.165) is 12.8 Å². The highest BCUT2D eigenvalue weighted by Crippen LogP contribution is 2.14. The van der Waals surface area contributed by atoms with Crippen molar-refractivity contribution in [2.24, 2.45) is 0 Å². The van der Waals surface area contributed by atoms with E-state index in [0.29, 0.717) is 31.5 Å². The Morgan fingerprint density at radius 2 is 2.00 bits per heavy atom. The van der Waals surface area contributed by atoms with Crippen molar-refractivity contribution in [3.8, 4) is 0 Å². The van der Waals surface area contributed by atoms with Crippen LogP contribution in [-0.4, -0.2) is 48.4 Å². The maximum atomic E-state index is 11.8. The average Bonchev–Trinajstić information content (AvgIpc) is 2.69. The van der Waals surface area contributed by atoms with Gasteiger partial charge in [-0.2, -0.15) is 0 Å². The van der Waals surface area contributed by atoms with E-state index < -0.39 is 0 Å². The molecule has 0 N–H and O–H groups in total. The Labute approximate surface area is 94.3 Å². The predicted molar refractivity (Wildman–Crippen MR) is 57.0 cm³/mol. The van der Waals surface area contributed by atoms with Crippen LogP contribution in [0.1, 0.15) is 12.8 Å². The molecule has 1 aliphatic rings. The molecule has 14 heavy (non-hydrogen) atoms. The fraction of sp³-hybridized carbons (Fsp3) is 0.889. The zero-order chi connectivity index (χ0) is 10.4. The molecule has 1 heterocycles. The lowest BCUT2D eigenvalue weighted by Crippen LogP contribution is -2.41. The van der Waals surface area contributed by atoms with Gasteiger partial charge in [0.15, 0.2) is 0 Å². The zero-order valence-electron chi connectivity index (χ0n) is 8.05. The van der Waals surface area contributed by atoms with Crippen LogP contribution in [0.15, 0.2) is 0 Å². The van der Waals surface area contributed by atoms with E-state index in [4.69, 9.17) is 27.9 Å². The van der Waals surface area contributed by atoms with E-state index in [2.05, 4.69) is 0 Å². The number of nitrogens with zero attached hydrogens (tertiary/aromatic N) is 1. The maximum Gasteiger partial charge on any atom is 0.251 e. The fourth-order valence-corrected chi connectivity index (χ4v) is 1.92. The summed E-state index contributed by atoms with van der Waals surface area (Å²) in [6.07, 6.45) is 1.52. The number of carbonyl (C=O) groups excluding carboxylic acids is 1. The molecule has 1 rings (SSSR count). The maximum absolute atomic E-state index is 11.8. The van der Waals surface area contributed by atoms with Crippen LogP contribution in [0.5, 0.6) is 0 Å². The van der Waals surface area contributed by atoms with Gasteiger partial charge in [-0.05, 0) is 12.8 Å². The van der Waals surface area contributed by atoms with Crippen molar-refractivity contribution < 1.29 is 9.53 Å². The van der Waals surface area contributed by atoms with Crippen LogP contribution in [-0.2, 0) is 9.53 Å². The van der Waals surface area contributed by atoms with Crippen molar-refractivity contribution in [3.05, 3.63) is 0 Å². The van der Waals surface area contributed by atoms with E-state index in [-0.39, 0.29) is 12.0 Å². The van der Waals surface area contributed by atoms with Gasteiger partial charge in [0, 0.05) is 31.5 Å². The van der Waals surface area contributed by atoms with E-state index >= 15 is 0 Å². The minimum absolute atomic E-state index is 0.0313. The molecule has 0 aromatic carbocycles. The quantitative estimate of drug-likeness (QED) is 0.681. The normalized spacial score (nSPS) is 21.1. The van der Waals surface area contributed by atoms with Gasteiger partial charge in [-0.3, -0.25) is 4.79 Å². The van der Waals surface area contributed by atoms with Crippen molar-refractivity contribution in [2.45, 2.75) is 18.9 Å². The molecule has 5 heteroatoms. The number of rotatable bonds is 5. The second kappa shape index (κ2) is 6.49. The monoisotopic (exact) mass is 239 g/mol. The summed E-state index contributed by atoms with van der Waals surface area (Å²) >= 11 is 11.2. The number of carbonyl (C=O) groups is 1. The highest BCUT2D eigenvalue weighted by Gasteiger charge is 2.27. The van der Waals surface area contributed by atoms with Crippen LogP contribution in [0, 0.1) is 0 Å². The van der Waals surface area contributed by atoms with Gasteiger partial charge >= 0.3 is 0 Å². The molecular formula is C9H15Cl2NO2. The Morgan fingerprint density at radius 1 is 1.36 bits per heavy atom. The summed E-state index contributed by atoms with van der Waals surface area (Å²) in [6, 6.07) is 0. The third kappa shape index (κ3) is 3.30. The molecule has 1 aliphatic heterocycles. The van der Waals surface area contributed by atoms with E-state index in [9.17, 15) is 4.79 Å². The summed E-state index contributed by atoms with van der Waals surface area (Å²) in [5.74, 6) is 0.911. The van der Waals surface area contributed by atoms with Gasteiger partial charge in [-0.15, -0.1) is 23.2 Å². The number of halogens is 2. The molecule has 3 nitrogen and oxygen atoms in total. The number of ether oxygens (including phenoxy) is 1. The third-order valence-electron chi connectivity index (χ3n) is 2.23. The Kier molecular flexibility index (Phi) is 5.60. The summed E-state index contributed by atoms with van der Waals surface area (Å²) < 4.78 is 5.31. The van der Waals surface area contributed by atoms with E-state index in [1.807, 2.05) is 0 Å². The van der Waals surface area contributed by atoms with Crippen molar-refractivity contribution in [1.82, 2.24) is 4.90 Å². The van der Waals surface area contributed by atoms with Crippen molar-refractivity contribution in [3.63, 3.8) is 0 Å². The molecule has 0 bridgehead atoms. The molecule has 0 aliphatic carbocycles. The smallest absolute Gasteiger partial charge is 0.251 e. The summed E-state index contributed by atoms with van der Waals surface area (Å²) in [6.45, 7) is 1.78. The lowest BCUT2D eigenvalue weighted by atomic mass is 10.2. The minimum Gasteiger partial charge on any atom is -0.368 e. The van der Waals surface area contributed by atoms with Gasteiger partial charge in [-0.1, -0.05) is 0 Å². The Balaban J connectivity index is 2.43. The van der Waals surface area contributed by atoms with Crippen LogP contribution in [0.4, 0.5) is 0 Å². The van der Waals surface area contributed by atoms with Crippen LogP contribution in [0.25, 0.3) is 0 Å². The molecule has 1 saturated heterocycles. The second-order valence-corrected chi connectivity index (χ2v) is 3.96. The SMILES string of the molecule is O=C(C1CCCO1)N(CCCl)CCCl. The molecule has 0 radical (unpaired) electrons. The molecule has 0 saturated carbocycles. The molecule has 1 fully saturated rings. The lowest BCUT2D eigenvalue weighted by Gasteiger charge is -2.23. The van der Waals surface area contributed by atoms with E-state index in [1.54, 1.807) is 4.90 Å². The minimum atomic E-state index is -0.263.